The molecule has 3 rings (SSSR count). The van der Waals surface area contributed by atoms with Crippen LogP contribution in [0.15, 0.2) is 11.4 Å². The van der Waals surface area contributed by atoms with Gasteiger partial charge in [-0.05, 0) is 43.0 Å². The molecule has 0 bridgehead atoms. The molecule has 1 spiro atoms. The minimum Gasteiger partial charge on any atom is -0.495 e. The van der Waals surface area contributed by atoms with Gasteiger partial charge in [-0.1, -0.05) is 0 Å². The lowest BCUT2D eigenvalue weighted by atomic mass is 9.78. The number of aliphatic hydroxyl groups is 1. The zero-order valence-electron chi connectivity index (χ0n) is 11.8. The third kappa shape index (κ3) is 2.72. The Balaban J connectivity index is 1.73. The first kappa shape index (κ1) is 14.3. The molecule has 0 radical (unpaired) electrons. The number of rotatable bonds is 3. The smallest absolute Gasteiger partial charge is 0.135 e. The maximum Gasteiger partial charge on any atom is 0.135 e. The molecule has 4 nitrogen and oxygen atoms in total. The Kier molecular flexibility index (Phi) is 4.31. The van der Waals surface area contributed by atoms with E-state index < -0.39 is 6.10 Å². The average molecular weight is 298 g/mol. The van der Waals surface area contributed by atoms with Crippen LogP contribution in [-0.4, -0.2) is 37.6 Å². The molecule has 2 fully saturated rings. The second-order valence-corrected chi connectivity index (χ2v) is 6.64. The summed E-state index contributed by atoms with van der Waals surface area (Å²) in [6.07, 6.45) is 3.26. The van der Waals surface area contributed by atoms with E-state index in [0.29, 0.717) is 0 Å². The van der Waals surface area contributed by atoms with Crippen LogP contribution >= 0.6 is 11.3 Å². The van der Waals surface area contributed by atoms with Crippen molar-refractivity contribution < 1.29 is 19.3 Å². The molecule has 2 saturated heterocycles. The zero-order chi connectivity index (χ0) is 14.0. The van der Waals surface area contributed by atoms with Crippen molar-refractivity contribution in [3.8, 4) is 5.75 Å². The summed E-state index contributed by atoms with van der Waals surface area (Å²) in [4.78, 5) is 0.946. The van der Waals surface area contributed by atoms with E-state index in [0.717, 1.165) is 56.1 Å². The van der Waals surface area contributed by atoms with Crippen LogP contribution in [0.3, 0.4) is 0 Å². The Morgan fingerprint density at radius 3 is 2.95 bits per heavy atom. The molecule has 3 heterocycles. The maximum absolute atomic E-state index is 10.7. The first-order chi connectivity index (χ1) is 9.74. The van der Waals surface area contributed by atoms with Gasteiger partial charge >= 0.3 is 0 Å². The van der Waals surface area contributed by atoms with E-state index in [4.69, 9.17) is 14.2 Å². The fourth-order valence-electron chi connectivity index (χ4n) is 3.33. The molecule has 2 aliphatic rings. The van der Waals surface area contributed by atoms with Crippen molar-refractivity contribution in [2.24, 2.45) is 5.92 Å². The van der Waals surface area contributed by atoms with E-state index in [1.165, 1.54) is 0 Å². The van der Waals surface area contributed by atoms with Crippen molar-refractivity contribution >= 4 is 11.3 Å². The van der Waals surface area contributed by atoms with E-state index in [9.17, 15) is 5.11 Å². The predicted octanol–water partition coefficient (Wildman–Crippen LogP) is 2.77. The van der Waals surface area contributed by atoms with Crippen molar-refractivity contribution in [3.05, 3.63) is 16.3 Å². The molecule has 20 heavy (non-hydrogen) atoms. The highest BCUT2D eigenvalue weighted by molar-refractivity contribution is 7.10. The van der Waals surface area contributed by atoms with Gasteiger partial charge in [-0.3, -0.25) is 0 Å². The van der Waals surface area contributed by atoms with Crippen LogP contribution in [-0.2, 0) is 9.47 Å². The normalized spacial score (nSPS) is 27.4. The van der Waals surface area contributed by atoms with Crippen LogP contribution in [0, 0.1) is 5.92 Å². The molecule has 1 aromatic rings. The molecule has 0 amide bonds. The summed E-state index contributed by atoms with van der Waals surface area (Å²) in [6.45, 7) is 2.27. The molecule has 5 heteroatoms. The number of thiophene rings is 1. The molecule has 112 valence electrons. The van der Waals surface area contributed by atoms with E-state index in [2.05, 4.69) is 0 Å². The van der Waals surface area contributed by atoms with Gasteiger partial charge < -0.3 is 19.3 Å². The lowest BCUT2D eigenvalue weighted by molar-refractivity contribution is -0.158. The maximum atomic E-state index is 10.7. The second-order valence-electron chi connectivity index (χ2n) is 5.69. The highest BCUT2D eigenvalue weighted by atomic mass is 32.1. The summed E-state index contributed by atoms with van der Waals surface area (Å²) < 4.78 is 16.8. The molecule has 2 unspecified atom stereocenters. The quantitative estimate of drug-likeness (QED) is 0.932. The molecule has 1 aromatic heterocycles. The molecule has 2 aliphatic heterocycles. The minimum atomic E-state index is -0.450. The number of aliphatic hydroxyl groups excluding tert-OH is 1. The first-order valence-corrected chi connectivity index (χ1v) is 8.13. The highest BCUT2D eigenvalue weighted by Crippen LogP contribution is 2.44. The van der Waals surface area contributed by atoms with Crippen molar-refractivity contribution in [3.63, 3.8) is 0 Å². The Bertz CT molecular complexity index is 433. The lowest BCUT2D eigenvalue weighted by Gasteiger charge is -2.44. The number of ether oxygens (including phenoxy) is 3. The summed E-state index contributed by atoms with van der Waals surface area (Å²) in [5.74, 6) is 1.05. The van der Waals surface area contributed by atoms with Crippen LogP contribution in [0.25, 0.3) is 0 Å². The predicted molar refractivity (Wildman–Crippen MR) is 77.3 cm³/mol. The SMILES string of the molecule is COc1ccsc1C(O)C1CCOC2(CCOCC2)C1. The fourth-order valence-corrected chi connectivity index (χ4v) is 4.27. The highest BCUT2D eigenvalue weighted by Gasteiger charge is 2.41. The average Bonchev–Trinajstić information content (AvgIpc) is 2.96. The van der Waals surface area contributed by atoms with Crippen molar-refractivity contribution in [1.29, 1.82) is 0 Å². The van der Waals surface area contributed by atoms with Gasteiger partial charge in [0, 0.05) is 19.8 Å². The van der Waals surface area contributed by atoms with E-state index in [1.807, 2.05) is 11.4 Å². The summed E-state index contributed by atoms with van der Waals surface area (Å²) >= 11 is 1.57. The number of hydrogen-bond acceptors (Lipinski definition) is 5. The zero-order valence-corrected chi connectivity index (χ0v) is 12.7. The molecule has 0 aromatic carbocycles. The minimum absolute atomic E-state index is 0.0767. The van der Waals surface area contributed by atoms with Gasteiger partial charge in [0.05, 0.1) is 23.7 Å². The topological polar surface area (TPSA) is 47.9 Å². The third-order valence-electron chi connectivity index (χ3n) is 4.53. The van der Waals surface area contributed by atoms with Gasteiger partial charge in [-0.25, -0.2) is 0 Å². The molecular weight excluding hydrogens is 276 g/mol. The van der Waals surface area contributed by atoms with Gasteiger partial charge in [0.25, 0.3) is 0 Å². The number of methoxy groups -OCH3 is 1. The van der Waals surface area contributed by atoms with Crippen LogP contribution < -0.4 is 4.74 Å². The van der Waals surface area contributed by atoms with Gasteiger partial charge in [-0.15, -0.1) is 11.3 Å². The lowest BCUT2D eigenvalue weighted by Crippen LogP contribution is -2.45. The summed E-state index contributed by atoms with van der Waals surface area (Å²) in [7, 11) is 1.65. The molecule has 1 N–H and O–H groups in total. The standard InChI is InChI=1S/C15H22O4S/c1-17-12-3-9-20-14(12)13(16)11-2-6-19-15(10-11)4-7-18-8-5-15/h3,9,11,13,16H,2,4-8,10H2,1H3. The third-order valence-corrected chi connectivity index (χ3v) is 5.50. The Hall–Kier alpha value is -0.620. The van der Waals surface area contributed by atoms with Gasteiger partial charge in [0.1, 0.15) is 5.75 Å². The largest absolute Gasteiger partial charge is 0.495 e. The van der Waals surface area contributed by atoms with E-state index >= 15 is 0 Å². The Labute approximate surface area is 123 Å². The van der Waals surface area contributed by atoms with Crippen LogP contribution in [0.5, 0.6) is 5.75 Å². The van der Waals surface area contributed by atoms with Crippen LogP contribution in [0.4, 0.5) is 0 Å². The van der Waals surface area contributed by atoms with Gasteiger partial charge in [0.15, 0.2) is 0 Å². The first-order valence-electron chi connectivity index (χ1n) is 7.25. The summed E-state index contributed by atoms with van der Waals surface area (Å²) in [5.41, 5.74) is -0.0767. The van der Waals surface area contributed by atoms with E-state index in [1.54, 1.807) is 18.4 Å². The molecule has 0 aliphatic carbocycles. The molecular formula is C15H22O4S. The Morgan fingerprint density at radius 2 is 2.20 bits per heavy atom. The van der Waals surface area contributed by atoms with Crippen LogP contribution in [0.2, 0.25) is 0 Å². The molecule has 2 atom stereocenters. The summed E-state index contributed by atoms with van der Waals surface area (Å²) in [5, 5.41) is 12.7. The number of hydrogen-bond donors (Lipinski definition) is 1. The second kappa shape index (κ2) is 6.02. The van der Waals surface area contributed by atoms with Crippen molar-refractivity contribution in [2.75, 3.05) is 26.9 Å². The monoisotopic (exact) mass is 298 g/mol. The fraction of sp³-hybridized carbons (Fsp3) is 0.733. The summed E-state index contributed by atoms with van der Waals surface area (Å²) in [6, 6.07) is 1.92. The van der Waals surface area contributed by atoms with E-state index in [-0.39, 0.29) is 11.5 Å². The Morgan fingerprint density at radius 1 is 1.40 bits per heavy atom. The van der Waals surface area contributed by atoms with Crippen molar-refractivity contribution in [2.45, 2.75) is 37.4 Å². The molecule has 0 saturated carbocycles. The van der Waals surface area contributed by atoms with Crippen molar-refractivity contribution in [1.82, 2.24) is 0 Å². The van der Waals surface area contributed by atoms with Crippen LogP contribution in [0.1, 0.15) is 36.7 Å². The van der Waals surface area contributed by atoms with Gasteiger partial charge in [-0.2, -0.15) is 0 Å². The van der Waals surface area contributed by atoms with Gasteiger partial charge in [0.2, 0.25) is 0 Å².